The van der Waals surface area contributed by atoms with Gasteiger partial charge in [-0.05, 0) is 13.8 Å². The molecule has 0 bridgehead atoms. The molecular weight excluding hydrogens is 202 g/mol. The van der Waals surface area contributed by atoms with E-state index in [1.807, 2.05) is 13.8 Å². The number of hydrogen-bond donors (Lipinski definition) is 0. The number of nitrogens with zero attached hydrogens (tertiary/aromatic N) is 1. The van der Waals surface area contributed by atoms with Crippen molar-refractivity contribution in [2.75, 3.05) is 19.3 Å². The Morgan fingerprint density at radius 1 is 1.50 bits per heavy atom. The van der Waals surface area contributed by atoms with Gasteiger partial charge >= 0.3 is 0 Å². The van der Waals surface area contributed by atoms with Crippen molar-refractivity contribution < 1.29 is 13.2 Å². The van der Waals surface area contributed by atoms with Crippen LogP contribution in [0, 0.1) is 0 Å². The van der Waals surface area contributed by atoms with Gasteiger partial charge in [0, 0.05) is 6.54 Å². The molecule has 0 N–H and O–H groups in total. The van der Waals surface area contributed by atoms with Crippen molar-refractivity contribution in [3.05, 3.63) is 12.3 Å². The van der Waals surface area contributed by atoms with E-state index >= 15 is 0 Å². The van der Waals surface area contributed by atoms with Gasteiger partial charge in [0.25, 0.3) is 0 Å². The van der Waals surface area contributed by atoms with Gasteiger partial charge in [0.05, 0.1) is 18.9 Å². The minimum Gasteiger partial charge on any atom is -0.495 e. The molecule has 0 atom stereocenters. The van der Waals surface area contributed by atoms with Crippen molar-refractivity contribution >= 4 is 10.0 Å². The quantitative estimate of drug-likeness (QED) is 0.633. The molecule has 4 nitrogen and oxygen atoms in total. The standard InChI is InChI=1S/C9H19NO3S/c1-6-10(14(5,11)12)7-9(4)13-8(2)3/h8H,4,6-7H2,1-3,5H3. The summed E-state index contributed by atoms with van der Waals surface area (Å²) in [4.78, 5) is 0. The van der Waals surface area contributed by atoms with E-state index in [0.29, 0.717) is 12.3 Å². The van der Waals surface area contributed by atoms with E-state index in [0.717, 1.165) is 0 Å². The first-order valence-electron chi connectivity index (χ1n) is 4.57. The second-order valence-corrected chi connectivity index (χ2v) is 5.38. The van der Waals surface area contributed by atoms with Crippen LogP contribution < -0.4 is 0 Å². The van der Waals surface area contributed by atoms with Crippen molar-refractivity contribution in [3.8, 4) is 0 Å². The summed E-state index contributed by atoms with van der Waals surface area (Å²) in [5.41, 5.74) is 0. The van der Waals surface area contributed by atoms with Crippen molar-refractivity contribution in [2.24, 2.45) is 0 Å². The Labute approximate surface area is 86.6 Å². The number of likely N-dealkylation sites (N-methyl/N-ethyl adjacent to an activating group) is 1. The summed E-state index contributed by atoms with van der Waals surface area (Å²) in [6, 6.07) is 0. The first-order valence-corrected chi connectivity index (χ1v) is 6.41. The summed E-state index contributed by atoms with van der Waals surface area (Å²) >= 11 is 0. The van der Waals surface area contributed by atoms with Gasteiger partial charge in [-0.1, -0.05) is 13.5 Å². The van der Waals surface area contributed by atoms with Crippen LogP contribution in [0.2, 0.25) is 0 Å². The molecule has 0 unspecified atom stereocenters. The average Bonchev–Trinajstić information content (AvgIpc) is 1.96. The highest BCUT2D eigenvalue weighted by Crippen LogP contribution is 2.05. The molecule has 0 aliphatic rings. The lowest BCUT2D eigenvalue weighted by atomic mass is 10.4. The van der Waals surface area contributed by atoms with E-state index in [9.17, 15) is 8.42 Å². The molecule has 0 aromatic rings. The highest BCUT2D eigenvalue weighted by molar-refractivity contribution is 7.88. The van der Waals surface area contributed by atoms with Crippen LogP contribution in [0.25, 0.3) is 0 Å². The minimum atomic E-state index is -3.15. The Bertz CT molecular complexity index is 282. The predicted molar refractivity (Wildman–Crippen MR) is 57.5 cm³/mol. The van der Waals surface area contributed by atoms with Crippen molar-refractivity contribution in [1.82, 2.24) is 4.31 Å². The van der Waals surface area contributed by atoms with Gasteiger partial charge in [0.1, 0.15) is 5.76 Å². The molecule has 0 heterocycles. The van der Waals surface area contributed by atoms with E-state index in [4.69, 9.17) is 4.74 Å². The Hall–Kier alpha value is -0.550. The second kappa shape index (κ2) is 5.36. The van der Waals surface area contributed by atoms with Crippen LogP contribution in [0.1, 0.15) is 20.8 Å². The van der Waals surface area contributed by atoms with E-state index < -0.39 is 10.0 Å². The summed E-state index contributed by atoms with van der Waals surface area (Å²) in [6.45, 7) is 9.86. The lowest BCUT2D eigenvalue weighted by Crippen LogP contribution is -2.32. The minimum absolute atomic E-state index is 0.0285. The van der Waals surface area contributed by atoms with Crippen LogP contribution in [0.5, 0.6) is 0 Å². The van der Waals surface area contributed by atoms with E-state index in [-0.39, 0.29) is 12.6 Å². The zero-order valence-corrected chi connectivity index (χ0v) is 10.1. The molecule has 84 valence electrons. The Balaban J connectivity index is 4.28. The van der Waals surface area contributed by atoms with Crippen LogP contribution in [0.15, 0.2) is 12.3 Å². The highest BCUT2D eigenvalue weighted by atomic mass is 32.2. The first-order chi connectivity index (χ1) is 6.27. The molecule has 0 spiro atoms. The van der Waals surface area contributed by atoms with Gasteiger partial charge in [-0.25, -0.2) is 8.42 Å². The normalized spacial score (nSPS) is 12.1. The topological polar surface area (TPSA) is 46.6 Å². The fourth-order valence-corrected chi connectivity index (χ4v) is 1.88. The molecule has 0 aromatic heterocycles. The molecule has 0 fully saturated rings. The maximum absolute atomic E-state index is 11.2. The van der Waals surface area contributed by atoms with Crippen molar-refractivity contribution in [1.29, 1.82) is 0 Å². The van der Waals surface area contributed by atoms with Crippen molar-refractivity contribution in [2.45, 2.75) is 26.9 Å². The van der Waals surface area contributed by atoms with Crippen LogP contribution in [0.4, 0.5) is 0 Å². The Morgan fingerprint density at radius 2 is 2.00 bits per heavy atom. The maximum atomic E-state index is 11.2. The van der Waals surface area contributed by atoms with Gasteiger partial charge in [-0.3, -0.25) is 0 Å². The van der Waals surface area contributed by atoms with Gasteiger partial charge in [0.2, 0.25) is 10.0 Å². The van der Waals surface area contributed by atoms with Crippen LogP contribution in [-0.2, 0) is 14.8 Å². The number of ether oxygens (including phenoxy) is 1. The van der Waals surface area contributed by atoms with Crippen LogP contribution in [0.3, 0.4) is 0 Å². The second-order valence-electron chi connectivity index (χ2n) is 3.39. The number of hydrogen-bond acceptors (Lipinski definition) is 3. The predicted octanol–water partition coefficient (Wildman–Crippen LogP) is 1.21. The molecule has 0 amide bonds. The lowest BCUT2D eigenvalue weighted by Gasteiger charge is -2.20. The van der Waals surface area contributed by atoms with E-state index in [2.05, 4.69) is 6.58 Å². The molecule has 0 radical (unpaired) electrons. The van der Waals surface area contributed by atoms with Gasteiger partial charge in [0.15, 0.2) is 0 Å². The number of rotatable bonds is 6. The molecule has 14 heavy (non-hydrogen) atoms. The largest absolute Gasteiger partial charge is 0.495 e. The third-order valence-electron chi connectivity index (χ3n) is 1.58. The van der Waals surface area contributed by atoms with Crippen LogP contribution >= 0.6 is 0 Å². The summed E-state index contributed by atoms with van der Waals surface area (Å²) in [5, 5.41) is 0. The summed E-state index contributed by atoms with van der Waals surface area (Å²) < 4.78 is 29.0. The Morgan fingerprint density at radius 3 is 2.29 bits per heavy atom. The van der Waals surface area contributed by atoms with Gasteiger partial charge in [-0.2, -0.15) is 4.31 Å². The molecule has 0 rings (SSSR count). The molecule has 5 heteroatoms. The number of sulfonamides is 1. The summed E-state index contributed by atoms with van der Waals surface area (Å²) in [6.07, 6.45) is 1.21. The van der Waals surface area contributed by atoms with Crippen molar-refractivity contribution in [3.63, 3.8) is 0 Å². The highest BCUT2D eigenvalue weighted by Gasteiger charge is 2.15. The Kier molecular flexibility index (Phi) is 5.15. The molecule has 0 saturated heterocycles. The molecule has 0 aromatic carbocycles. The maximum Gasteiger partial charge on any atom is 0.211 e. The lowest BCUT2D eigenvalue weighted by molar-refractivity contribution is 0.135. The summed E-state index contributed by atoms with van der Waals surface area (Å²) in [7, 11) is -3.15. The zero-order valence-electron chi connectivity index (χ0n) is 9.28. The third-order valence-corrected chi connectivity index (χ3v) is 2.90. The first kappa shape index (κ1) is 13.4. The van der Waals surface area contributed by atoms with Gasteiger partial charge < -0.3 is 4.74 Å². The van der Waals surface area contributed by atoms with E-state index in [1.54, 1.807) is 6.92 Å². The fraction of sp³-hybridized carbons (Fsp3) is 0.778. The third kappa shape index (κ3) is 5.24. The monoisotopic (exact) mass is 221 g/mol. The molecule has 0 saturated carbocycles. The van der Waals surface area contributed by atoms with Crippen LogP contribution in [-0.4, -0.2) is 38.2 Å². The molecule has 0 aliphatic carbocycles. The molecule has 0 aliphatic heterocycles. The van der Waals surface area contributed by atoms with E-state index in [1.165, 1.54) is 10.6 Å². The SMILES string of the molecule is C=C(CN(CC)S(C)(=O)=O)OC(C)C. The molecular formula is C9H19NO3S. The average molecular weight is 221 g/mol. The smallest absolute Gasteiger partial charge is 0.211 e. The van der Waals surface area contributed by atoms with Gasteiger partial charge in [-0.15, -0.1) is 0 Å². The summed E-state index contributed by atoms with van der Waals surface area (Å²) in [5.74, 6) is 0.479. The fourth-order valence-electron chi connectivity index (χ4n) is 1.03. The zero-order chi connectivity index (χ0) is 11.4.